The van der Waals surface area contributed by atoms with Gasteiger partial charge in [-0.1, -0.05) is 19.8 Å². The molecular formula is C12H20N2S. The van der Waals surface area contributed by atoms with Crippen molar-refractivity contribution in [3.63, 3.8) is 0 Å². The molecule has 2 nitrogen and oxygen atoms in total. The average molecular weight is 224 g/mol. The first kappa shape index (κ1) is 11.1. The summed E-state index contributed by atoms with van der Waals surface area (Å²) in [5.74, 6) is 0.994. The van der Waals surface area contributed by atoms with E-state index in [9.17, 15) is 0 Å². The molecule has 1 saturated carbocycles. The number of likely N-dealkylation sites (N-methyl/N-ethyl adjacent to an activating group) is 1. The fraction of sp³-hybridized carbons (Fsp3) is 0.750. The van der Waals surface area contributed by atoms with Crippen LogP contribution in [0.2, 0.25) is 0 Å². The summed E-state index contributed by atoms with van der Waals surface area (Å²) in [5, 5.41) is 6.96. The van der Waals surface area contributed by atoms with Gasteiger partial charge in [-0.15, -0.1) is 11.3 Å². The summed E-state index contributed by atoms with van der Waals surface area (Å²) in [6.45, 7) is 5.34. The van der Waals surface area contributed by atoms with Gasteiger partial charge < -0.3 is 5.32 Å². The largest absolute Gasteiger partial charge is 0.314 e. The molecule has 1 heterocycles. The Morgan fingerprint density at radius 1 is 1.60 bits per heavy atom. The molecule has 0 saturated heterocycles. The van der Waals surface area contributed by atoms with E-state index >= 15 is 0 Å². The Kier molecular flexibility index (Phi) is 3.76. The second kappa shape index (κ2) is 5.08. The minimum absolute atomic E-state index is 0.643. The van der Waals surface area contributed by atoms with Crippen molar-refractivity contribution >= 4 is 11.3 Å². The van der Waals surface area contributed by atoms with Gasteiger partial charge in [-0.3, -0.25) is 0 Å². The van der Waals surface area contributed by atoms with Crippen molar-refractivity contribution in [1.29, 1.82) is 0 Å². The zero-order valence-corrected chi connectivity index (χ0v) is 10.4. The normalized spacial score (nSPS) is 18.0. The van der Waals surface area contributed by atoms with Crippen LogP contribution in [0.1, 0.15) is 36.9 Å². The molecule has 1 fully saturated rings. The van der Waals surface area contributed by atoms with E-state index in [1.807, 2.05) is 0 Å². The zero-order chi connectivity index (χ0) is 10.7. The minimum Gasteiger partial charge on any atom is -0.314 e. The molecule has 0 aliphatic heterocycles. The molecule has 1 aliphatic carbocycles. The molecule has 84 valence electrons. The first-order valence-corrected chi connectivity index (χ1v) is 6.80. The van der Waals surface area contributed by atoms with E-state index in [1.165, 1.54) is 30.0 Å². The molecule has 0 spiro atoms. The highest BCUT2D eigenvalue weighted by Gasteiger charge is 2.25. The standard InChI is InChI=1S/C12H20N2S/c1-3-13-11(6-10-4-5-10)7-12-8-15-9(2)14-12/h8,10-11,13H,3-7H2,1-2H3. The van der Waals surface area contributed by atoms with Gasteiger partial charge in [0.1, 0.15) is 0 Å². The van der Waals surface area contributed by atoms with Crippen molar-refractivity contribution in [3.05, 3.63) is 16.1 Å². The van der Waals surface area contributed by atoms with Gasteiger partial charge in [-0.2, -0.15) is 0 Å². The Labute approximate surface area is 96.1 Å². The first-order valence-electron chi connectivity index (χ1n) is 5.92. The quantitative estimate of drug-likeness (QED) is 0.803. The molecule has 3 heteroatoms. The monoisotopic (exact) mass is 224 g/mol. The smallest absolute Gasteiger partial charge is 0.0897 e. The van der Waals surface area contributed by atoms with Crippen LogP contribution in [0, 0.1) is 12.8 Å². The Hall–Kier alpha value is -0.410. The SMILES string of the molecule is CCNC(Cc1csc(C)n1)CC1CC1. The first-order chi connectivity index (χ1) is 7.28. The summed E-state index contributed by atoms with van der Waals surface area (Å²) in [4.78, 5) is 4.54. The number of rotatable bonds is 6. The summed E-state index contributed by atoms with van der Waals surface area (Å²) in [6, 6.07) is 0.643. The molecule has 15 heavy (non-hydrogen) atoms. The zero-order valence-electron chi connectivity index (χ0n) is 9.62. The molecule has 2 rings (SSSR count). The summed E-state index contributed by atoms with van der Waals surface area (Å²) in [5.41, 5.74) is 1.27. The van der Waals surface area contributed by atoms with Crippen molar-refractivity contribution in [2.24, 2.45) is 5.92 Å². The van der Waals surface area contributed by atoms with Gasteiger partial charge >= 0.3 is 0 Å². The average Bonchev–Trinajstić information content (AvgIpc) is 2.90. The van der Waals surface area contributed by atoms with E-state index in [4.69, 9.17) is 0 Å². The molecule has 0 bridgehead atoms. The molecule has 0 amide bonds. The van der Waals surface area contributed by atoms with Crippen molar-refractivity contribution in [1.82, 2.24) is 10.3 Å². The Morgan fingerprint density at radius 2 is 2.40 bits per heavy atom. The van der Waals surface area contributed by atoms with Gasteiger partial charge in [0.15, 0.2) is 0 Å². The van der Waals surface area contributed by atoms with Gasteiger partial charge in [0.05, 0.1) is 10.7 Å². The minimum atomic E-state index is 0.643. The molecule has 1 aromatic heterocycles. The van der Waals surface area contributed by atoms with E-state index in [0.29, 0.717) is 6.04 Å². The highest BCUT2D eigenvalue weighted by Crippen LogP contribution is 2.34. The third-order valence-electron chi connectivity index (χ3n) is 2.93. The third-order valence-corrected chi connectivity index (χ3v) is 3.75. The second-order valence-electron chi connectivity index (χ2n) is 4.50. The highest BCUT2D eigenvalue weighted by atomic mass is 32.1. The lowest BCUT2D eigenvalue weighted by atomic mass is 10.1. The van der Waals surface area contributed by atoms with Gasteiger partial charge in [0.2, 0.25) is 0 Å². The molecule has 1 atom stereocenters. The predicted octanol–water partition coefficient (Wildman–Crippen LogP) is 2.77. The number of nitrogens with one attached hydrogen (secondary N) is 1. The van der Waals surface area contributed by atoms with Gasteiger partial charge in [-0.05, 0) is 25.8 Å². The lowest BCUT2D eigenvalue weighted by molar-refractivity contribution is 0.463. The summed E-state index contributed by atoms with van der Waals surface area (Å²) >= 11 is 1.76. The molecule has 1 N–H and O–H groups in total. The molecule has 1 aliphatic rings. The van der Waals surface area contributed by atoms with Gasteiger partial charge in [0.25, 0.3) is 0 Å². The summed E-state index contributed by atoms with van der Waals surface area (Å²) in [7, 11) is 0. The van der Waals surface area contributed by atoms with E-state index in [2.05, 4.69) is 29.5 Å². The Bertz CT molecular complexity index is 304. The van der Waals surface area contributed by atoms with Crippen LogP contribution in [0.15, 0.2) is 5.38 Å². The van der Waals surface area contributed by atoms with Crippen molar-refractivity contribution in [3.8, 4) is 0 Å². The molecule has 1 unspecified atom stereocenters. The Balaban J connectivity index is 1.86. The fourth-order valence-electron chi connectivity index (χ4n) is 2.04. The number of nitrogens with zero attached hydrogens (tertiary/aromatic N) is 1. The van der Waals surface area contributed by atoms with Crippen LogP contribution in [-0.2, 0) is 6.42 Å². The second-order valence-corrected chi connectivity index (χ2v) is 5.56. The van der Waals surface area contributed by atoms with Crippen molar-refractivity contribution < 1.29 is 0 Å². The third kappa shape index (κ3) is 3.58. The van der Waals surface area contributed by atoms with Crippen LogP contribution in [0.3, 0.4) is 0 Å². The molecule has 1 aromatic rings. The van der Waals surface area contributed by atoms with E-state index in [1.54, 1.807) is 11.3 Å². The van der Waals surface area contributed by atoms with Gasteiger partial charge in [-0.25, -0.2) is 4.98 Å². The topological polar surface area (TPSA) is 24.9 Å². The number of thiazole rings is 1. The summed E-state index contributed by atoms with van der Waals surface area (Å²) < 4.78 is 0. The number of hydrogen-bond donors (Lipinski definition) is 1. The van der Waals surface area contributed by atoms with Crippen LogP contribution in [0.25, 0.3) is 0 Å². The maximum Gasteiger partial charge on any atom is 0.0897 e. The molecule has 0 aromatic carbocycles. The summed E-state index contributed by atoms with van der Waals surface area (Å²) in [6.07, 6.45) is 5.33. The maximum atomic E-state index is 4.54. The fourth-order valence-corrected chi connectivity index (χ4v) is 2.66. The van der Waals surface area contributed by atoms with E-state index < -0.39 is 0 Å². The Morgan fingerprint density at radius 3 is 2.93 bits per heavy atom. The lowest BCUT2D eigenvalue weighted by Crippen LogP contribution is -2.31. The van der Waals surface area contributed by atoms with Crippen molar-refractivity contribution in [2.75, 3.05) is 6.54 Å². The van der Waals surface area contributed by atoms with Crippen LogP contribution in [-0.4, -0.2) is 17.6 Å². The number of hydrogen-bond acceptors (Lipinski definition) is 3. The lowest BCUT2D eigenvalue weighted by Gasteiger charge is -2.16. The van der Waals surface area contributed by atoms with Crippen LogP contribution in [0.4, 0.5) is 0 Å². The van der Waals surface area contributed by atoms with Crippen LogP contribution >= 0.6 is 11.3 Å². The number of aryl methyl sites for hydroxylation is 1. The van der Waals surface area contributed by atoms with E-state index in [-0.39, 0.29) is 0 Å². The maximum absolute atomic E-state index is 4.54. The number of aromatic nitrogens is 1. The molecular weight excluding hydrogens is 204 g/mol. The highest BCUT2D eigenvalue weighted by molar-refractivity contribution is 7.09. The van der Waals surface area contributed by atoms with Crippen LogP contribution < -0.4 is 5.32 Å². The predicted molar refractivity (Wildman–Crippen MR) is 65.4 cm³/mol. The van der Waals surface area contributed by atoms with Crippen LogP contribution in [0.5, 0.6) is 0 Å². The van der Waals surface area contributed by atoms with Gasteiger partial charge in [0, 0.05) is 17.8 Å². The van der Waals surface area contributed by atoms with E-state index in [0.717, 1.165) is 18.9 Å². The van der Waals surface area contributed by atoms with Crippen molar-refractivity contribution in [2.45, 2.75) is 45.6 Å². The molecule has 0 radical (unpaired) electrons.